The number of rotatable bonds is 2. The average Bonchev–Trinajstić information content (AvgIpc) is 2.99. The summed E-state index contributed by atoms with van der Waals surface area (Å²) in [5, 5.41) is 11.5. The lowest BCUT2D eigenvalue weighted by Gasteiger charge is -2.39. The third-order valence-electron chi connectivity index (χ3n) is 3.95. The highest BCUT2D eigenvalue weighted by atomic mass is 32.1. The van der Waals surface area contributed by atoms with Crippen molar-refractivity contribution in [2.24, 2.45) is 0 Å². The number of halogens is 3. The van der Waals surface area contributed by atoms with Crippen molar-refractivity contribution >= 4 is 22.2 Å². The molecule has 120 valence electrons. The standard InChI is InChI=1S/C13H14F3N3O2S/c14-13(15,16)12(21)1-3-18(4-2-12)10(20)7-9-8-19-5-6-22-11(19)17-9/h5-6,8,21H,1-4,7H2. The highest BCUT2D eigenvalue weighted by Gasteiger charge is 2.54. The summed E-state index contributed by atoms with van der Waals surface area (Å²) in [6.07, 6.45) is -2.01. The topological polar surface area (TPSA) is 57.8 Å². The summed E-state index contributed by atoms with van der Waals surface area (Å²) < 4.78 is 40.0. The van der Waals surface area contributed by atoms with Crippen molar-refractivity contribution in [3.8, 4) is 0 Å². The molecule has 0 unspecified atom stereocenters. The van der Waals surface area contributed by atoms with Gasteiger partial charge in [0.25, 0.3) is 0 Å². The monoisotopic (exact) mass is 333 g/mol. The summed E-state index contributed by atoms with van der Waals surface area (Å²) in [6.45, 7) is -0.200. The summed E-state index contributed by atoms with van der Waals surface area (Å²) in [5.74, 6) is -0.269. The van der Waals surface area contributed by atoms with E-state index in [2.05, 4.69) is 4.98 Å². The van der Waals surface area contributed by atoms with Crippen molar-refractivity contribution in [2.45, 2.75) is 31.0 Å². The molecule has 0 radical (unpaired) electrons. The van der Waals surface area contributed by atoms with Gasteiger partial charge in [0.15, 0.2) is 10.6 Å². The van der Waals surface area contributed by atoms with Crippen LogP contribution in [0.4, 0.5) is 13.2 Å². The van der Waals surface area contributed by atoms with Crippen LogP contribution < -0.4 is 0 Å². The lowest BCUT2D eigenvalue weighted by atomic mass is 9.90. The van der Waals surface area contributed by atoms with Gasteiger partial charge in [0.1, 0.15) is 0 Å². The van der Waals surface area contributed by atoms with Crippen molar-refractivity contribution in [3.63, 3.8) is 0 Å². The minimum atomic E-state index is -4.66. The van der Waals surface area contributed by atoms with Gasteiger partial charge in [-0.15, -0.1) is 11.3 Å². The highest BCUT2D eigenvalue weighted by molar-refractivity contribution is 7.15. The van der Waals surface area contributed by atoms with E-state index in [0.29, 0.717) is 5.69 Å². The van der Waals surface area contributed by atoms with E-state index < -0.39 is 24.6 Å². The van der Waals surface area contributed by atoms with Gasteiger partial charge in [-0.1, -0.05) is 0 Å². The fourth-order valence-electron chi connectivity index (χ4n) is 2.54. The Kier molecular flexibility index (Phi) is 3.64. The summed E-state index contributed by atoms with van der Waals surface area (Å²) in [5.41, 5.74) is -2.09. The number of imidazole rings is 1. The molecule has 1 saturated heterocycles. The van der Waals surface area contributed by atoms with E-state index >= 15 is 0 Å². The van der Waals surface area contributed by atoms with Crippen molar-refractivity contribution in [3.05, 3.63) is 23.5 Å². The zero-order chi connectivity index (χ0) is 16.0. The number of piperidine rings is 1. The van der Waals surface area contributed by atoms with Gasteiger partial charge in [0, 0.05) is 43.7 Å². The Morgan fingerprint density at radius 1 is 1.41 bits per heavy atom. The predicted octanol–water partition coefficient (Wildman–Crippen LogP) is 1.85. The molecule has 1 amide bonds. The SMILES string of the molecule is O=C(Cc1cn2ccsc2n1)N1CCC(O)(C(F)(F)F)CC1. The van der Waals surface area contributed by atoms with E-state index in [0.717, 1.165) is 4.96 Å². The van der Waals surface area contributed by atoms with Crippen LogP contribution in [0.2, 0.25) is 0 Å². The molecule has 1 N–H and O–H groups in total. The number of nitrogens with zero attached hydrogens (tertiary/aromatic N) is 3. The average molecular weight is 333 g/mol. The zero-order valence-corrected chi connectivity index (χ0v) is 12.3. The second kappa shape index (κ2) is 5.24. The molecule has 3 heterocycles. The lowest BCUT2D eigenvalue weighted by molar-refractivity contribution is -0.272. The molecule has 1 aliphatic rings. The molecule has 0 bridgehead atoms. The number of hydrogen-bond acceptors (Lipinski definition) is 4. The quantitative estimate of drug-likeness (QED) is 0.913. The maximum atomic E-state index is 12.7. The maximum absolute atomic E-state index is 12.7. The van der Waals surface area contributed by atoms with Gasteiger partial charge in [-0.25, -0.2) is 4.98 Å². The van der Waals surface area contributed by atoms with Gasteiger partial charge in [0.05, 0.1) is 12.1 Å². The molecular formula is C13H14F3N3O2S. The van der Waals surface area contributed by atoms with E-state index in [4.69, 9.17) is 0 Å². The largest absolute Gasteiger partial charge is 0.417 e. The Balaban J connectivity index is 1.61. The van der Waals surface area contributed by atoms with Gasteiger partial charge >= 0.3 is 6.18 Å². The third-order valence-corrected chi connectivity index (χ3v) is 4.72. The Labute approximate surface area is 128 Å². The second-order valence-electron chi connectivity index (χ2n) is 5.41. The Bertz CT molecular complexity index is 658. The Hall–Kier alpha value is -1.61. The number of aliphatic hydroxyl groups is 1. The van der Waals surface area contributed by atoms with Gasteiger partial charge in [-0.05, 0) is 0 Å². The first-order chi connectivity index (χ1) is 10.3. The van der Waals surface area contributed by atoms with Crippen molar-refractivity contribution in [2.75, 3.05) is 13.1 Å². The van der Waals surface area contributed by atoms with E-state index in [1.807, 2.05) is 11.6 Å². The molecule has 1 aliphatic heterocycles. The first kappa shape index (κ1) is 15.3. The van der Waals surface area contributed by atoms with Crippen LogP contribution in [0.1, 0.15) is 18.5 Å². The molecule has 1 fully saturated rings. The molecule has 0 aromatic carbocycles. The number of hydrogen-bond donors (Lipinski definition) is 1. The Morgan fingerprint density at radius 2 is 2.09 bits per heavy atom. The molecule has 2 aromatic rings. The summed E-state index contributed by atoms with van der Waals surface area (Å²) in [6, 6.07) is 0. The van der Waals surface area contributed by atoms with E-state index in [9.17, 15) is 23.1 Å². The van der Waals surface area contributed by atoms with Crippen LogP contribution in [-0.2, 0) is 11.2 Å². The van der Waals surface area contributed by atoms with Crippen molar-refractivity contribution < 1.29 is 23.1 Å². The minimum absolute atomic E-state index is 0.0544. The molecule has 0 aliphatic carbocycles. The molecular weight excluding hydrogens is 319 g/mol. The van der Waals surface area contributed by atoms with Gasteiger partial charge in [-0.3, -0.25) is 9.20 Å². The van der Waals surface area contributed by atoms with Crippen molar-refractivity contribution in [1.29, 1.82) is 0 Å². The normalized spacial score (nSPS) is 18.8. The molecule has 3 rings (SSSR count). The van der Waals surface area contributed by atoms with E-state index in [-0.39, 0.29) is 25.4 Å². The second-order valence-corrected chi connectivity index (χ2v) is 6.29. The summed E-state index contributed by atoms with van der Waals surface area (Å²) in [7, 11) is 0. The fourth-order valence-corrected chi connectivity index (χ4v) is 3.26. The van der Waals surface area contributed by atoms with Gasteiger partial charge in [-0.2, -0.15) is 13.2 Å². The number of alkyl halides is 3. The first-order valence-corrected chi connectivity index (χ1v) is 7.64. The summed E-state index contributed by atoms with van der Waals surface area (Å²) >= 11 is 1.44. The molecule has 5 nitrogen and oxygen atoms in total. The molecule has 9 heteroatoms. The molecule has 2 aromatic heterocycles. The first-order valence-electron chi connectivity index (χ1n) is 6.76. The Morgan fingerprint density at radius 3 is 2.68 bits per heavy atom. The van der Waals surface area contributed by atoms with Crippen LogP contribution in [0, 0.1) is 0 Å². The number of carbonyl (C=O) groups excluding carboxylic acids is 1. The van der Waals surface area contributed by atoms with Crippen LogP contribution in [0.3, 0.4) is 0 Å². The minimum Gasteiger partial charge on any atom is -0.380 e. The molecule has 0 saturated carbocycles. The number of aromatic nitrogens is 2. The van der Waals surface area contributed by atoms with Crippen LogP contribution in [0.5, 0.6) is 0 Å². The molecule has 0 atom stereocenters. The molecule has 0 spiro atoms. The van der Waals surface area contributed by atoms with E-state index in [1.54, 1.807) is 10.6 Å². The number of fused-ring (bicyclic) bond motifs is 1. The zero-order valence-electron chi connectivity index (χ0n) is 11.5. The number of amides is 1. The van der Waals surface area contributed by atoms with Gasteiger partial charge < -0.3 is 10.0 Å². The lowest BCUT2D eigenvalue weighted by Crippen LogP contribution is -2.54. The fraction of sp³-hybridized carbons (Fsp3) is 0.538. The maximum Gasteiger partial charge on any atom is 0.417 e. The van der Waals surface area contributed by atoms with Crippen LogP contribution >= 0.6 is 11.3 Å². The highest BCUT2D eigenvalue weighted by Crippen LogP contribution is 2.38. The van der Waals surface area contributed by atoms with Crippen LogP contribution in [0.15, 0.2) is 17.8 Å². The molecule has 22 heavy (non-hydrogen) atoms. The number of carbonyl (C=O) groups is 1. The van der Waals surface area contributed by atoms with E-state index in [1.165, 1.54) is 16.2 Å². The number of likely N-dealkylation sites (tertiary alicyclic amines) is 1. The van der Waals surface area contributed by atoms with Crippen LogP contribution in [0.25, 0.3) is 4.96 Å². The summed E-state index contributed by atoms with van der Waals surface area (Å²) in [4.78, 5) is 18.6. The predicted molar refractivity (Wildman–Crippen MR) is 73.6 cm³/mol. The van der Waals surface area contributed by atoms with Crippen molar-refractivity contribution in [1.82, 2.24) is 14.3 Å². The van der Waals surface area contributed by atoms with Crippen LogP contribution in [-0.4, -0.2) is 50.2 Å². The van der Waals surface area contributed by atoms with Gasteiger partial charge in [0.2, 0.25) is 5.91 Å². The smallest absolute Gasteiger partial charge is 0.380 e. The third kappa shape index (κ3) is 2.70. The number of thiazole rings is 1.